The van der Waals surface area contributed by atoms with Gasteiger partial charge in [0.05, 0.1) is 17.3 Å². The molecule has 5 nitrogen and oxygen atoms in total. The second kappa shape index (κ2) is 7.11. The molecule has 0 aliphatic rings. The third-order valence-electron chi connectivity index (χ3n) is 2.02. The van der Waals surface area contributed by atoms with Gasteiger partial charge in [0.1, 0.15) is 0 Å². The minimum Gasteiger partial charge on any atom is -0.461 e. The first-order valence-electron chi connectivity index (χ1n) is 5.42. The summed E-state index contributed by atoms with van der Waals surface area (Å²) in [4.78, 5) is 22.8. The van der Waals surface area contributed by atoms with E-state index in [9.17, 15) is 9.59 Å². The highest BCUT2D eigenvalue weighted by atomic mass is 35.5. The number of rotatable bonds is 5. The van der Waals surface area contributed by atoms with E-state index >= 15 is 0 Å². The molecule has 7 heteroatoms. The lowest BCUT2D eigenvalue weighted by Crippen LogP contribution is -2.25. The van der Waals surface area contributed by atoms with Gasteiger partial charge in [0, 0.05) is 11.9 Å². The molecule has 0 bridgehead atoms. The van der Waals surface area contributed by atoms with E-state index in [0.29, 0.717) is 15.7 Å². The number of hydrogen-bond acceptors (Lipinski definition) is 5. The van der Waals surface area contributed by atoms with Crippen LogP contribution in [0.15, 0.2) is 23.3 Å². The van der Waals surface area contributed by atoms with E-state index < -0.39 is 11.8 Å². The SMILES string of the molecule is CCOC(=O)/C(=N\Nc1ccc(Cl)cc1Cl)C(C)=O. The highest BCUT2D eigenvalue weighted by Gasteiger charge is 2.18. The lowest BCUT2D eigenvalue weighted by atomic mass is 10.3. The Hall–Kier alpha value is -1.59. The Bertz CT molecular complexity index is 530. The lowest BCUT2D eigenvalue weighted by molar-refractivity contribution is -0.135. The lowest BCUT2D eigenvalue weighted by Gasteiger charge is -2.06. The van der Waals surface area contributed by atoms with Gasteiger partial charge in [0.2, 0.25) is 5.71 Å². The third kappa shape index (κ3) is 4.54. The Morgan fingerprint density at radius 3 is 2.58 bits per heavy atom. The number of anilines is 1. The molecule has 0 aromatic heterocycles. The van der Waals surface area contributed by atoms with Gasteiger partial charge >= 0.3 is 5.97 Å². The van der Waals surface area contributed by atoms with Crippen molar-refractivity contribution in [3.63, 3.8) is 0 Å². The molecule has 0 spiro atoms. The van der Waals surface area contributed by atoms with Crippen molar-refractivity contribution < 1.29 is 14.3 Å². The van der Waals surface area contributed by atoms with Gasteiger partial charge in [0.15, 0.2) is 5.78 Å². The molecule has 0 unspecified atom stereocenters. The largest absolute Gasteiger partial charge is 0.461 e. The molecule has 0 atom stereocenters. The van der Waals surface area contributed by atoms with Gasteiger partial charge in [0.25, 0.3) is 0 Å². The molecule has 102 valence electrons. The fourth-order valence-electron chi connectivity index (χ4n) is 1.16. The van der Waals surface area contributed by atoms with Crippen molar-refractivity contribution in [1.29, 1.82) is 0 Å². The number of Topliss-reactive ketones (excluding diaryl/α,β-unsaturated/α-hetero) is 1. The molecule has 0 amide bonds. The summed E-state index contributed by atoms with van der Waals surface area (Å²) in [6.45, 7) is 3.02. The number of ketones is 1. The van der Waals surface area contributed by atoms with Crippen LogP contribution in [-0.2, 0) is 14.3 Å². The summed E-state index contributed by atoms with van der Waals surface area (Å²) in [5.41, 5.74) is 2.64. The Kier molecular flexibility index (Phi) is 5.79. The topological polar surface area (TPSA) is 67.8 Å². The van der Waals surface area contributed by atoms with Crippen molar-refractivity contribution in [2.24, 2.45) is 5.10 Å². The molecule has 0 heterocycles. The maximum atomic E-state index is 11.5. The van der Waals surface area contributed by atoms with Crippen LogP contribution in [0.3, 0.4) is 0 Å². The van der Waals surface area contributed by atoms with E-state index in [0.717, 1.165) is 0 Å². The number of hydrazone groups is 1. The molecule has 0 saturated heterocycles. The zero-order valence-electron chi connectivity index (χ0n) is 10.4. The maximum absolute atomic E-state index is 11.5. The minimum absolute atomic E-state index is 0.160. The predicted molar refractivity (Wildman–Crippen MR) is 74.8 cm³/mol. The molecular weight excluding hydrogens is 291 g/mol. The number of carbonyl (C=O) groups excluding carboxylic acids is 2. The number of halogens is 2. The zero-order valence-corrected chi connectivity index (χ0v) is 11.9. The predicted octanol–water partition coefficient (Wildman–Crippen LogP) is 2.91. The third-order valence-corrected chi connectivity index (χ3v) is 2.57. The summed E-state index contributed by atoms with van der Waals surface area (Å²) in [5.74, 6) is -1.29. The number of nitrogens with zero attached hydrogens (tertiary/aromatic N) is 1. The summed E-state index contributed by atoms with van der Waals surface area (Å²) in [6, 6.07) is 4.69. The second-order valence-electron chi connectivity index (χ2n) is 3.47. The van der Waals surface area contributed by atoms with Gasteiger partial charge in [-0.2, -0.15) is 5.10 Å². The average molecular weight is 303 g/mol. The van der Waals surface area contributed by atoms with E-state index in [1.165, 1.54) is 13.0 Å². The molecule has 0 radical (unpaired) electrons. The van der Waals surface area contributed by atoms with Crippen LogP contribution >= 0.6 is 23.2 Å². The van der Waals surface area contributed by atoms with E-state index in [1.807, 2.05) is 0 Å². The molecule has 0 aliphatic carbocycles. The van der Waals surface area contributed by atoms with Gasteiger partial charge in [-0.1, -0.05) is 23.2 Å². The fraction of sp³-hybridized carbons (Fsp3) is 0.250. The van der Waals surface area contributed by atoms with Gasteiger partial charge in [-0.05, 0) is 25.1 Å². The summed E-state index contributed by atoms with van der Waals surface area (Å²) >= 11 is 11.7. The molecular formula is C12H12Cl2N2O3. The van der Waals surface area contributed by atoms with Crippen molar-refractivity contribution in [2.45, 2.75) is 13.8 Å². The number of benzene rings is 1. The Labute approximate surface area is 120 Å². The van der Waals surface area contributed by atoms with Crippen molar-refractivity contribution >= 4 is 46.4 Å². The van der Waals surface area contributed by atoms with E-state index in [2.05, 4.69) is 10.5 Å². The first-order valence-corrected chi connectivity index (χ1v) is 6.18. The smallest absolute Gasteiger partial charge is 0.362 e. The normalized spacial score (nSPS) is 11.1. The highest BCUT2D eigenvalue weighted by Crippen LogP contribution is 2.25. The number of carbonyl (C=O) groups is 2. The number of esters is 1. The zero-order chi connectivity index (χ0) is 14.4. The first kappa shape index (κ1) is 15.5. The summed E-state index contributed by atoms with van der Waals surface area (Å²) < 4.78 is 4.72. The van der Waals surface area contributed by atoms with Crippen LogP contribution < -0.4 is 5.43 Å². The van der Waals surface area contributed by atoms with Crippen molar-refractivity contribution in [3.05, 3.63) is 28.2 Å². The van der Waals surface area contributed by atoms with Crippen LogP contribution in [0.5, 0.6) is 0 Å². The molecule has 0 fully saturated rings. The summed E-state index contributed by atoms with van der Waals surface area (Å²) in [5, 5.41) is 4.51. The standard InChI is InChI=1S/C12H12Cl2N2O3/c1-3-19-12(18)11(7(2)17)16-15-10-5-4-8(13)6-9(10)14/h4-6,15H,3H2,1-2H3/b16-11-. The van der Waals surface area contributed by atoms with Crippen LogP contribution in [0.4, 0.5) is 5.69 Å². The van der Waals surface area contributed by atoms with Crippen LogP contribution in [0.25, 0.3) is 0 Å². The minimum atomic E-state index is -0.785. The maximum Gasteiger partial charge on any atom is 0.362 e. The van der Waals surface area contributed by atoms with Crippen LogP contribution in [0.1, 0.15) is 13.8 Å². The second-order valence-corrected chi connectivity index (χ2v) is 4.32. The number of hydrogen-bond donors (Lipinski definition) is 1. The van der Waals surface area contributed by atoms with E-state index in [4.69, 9.17) is 27.9 Å². The molecule has 0 aliphatic heterocycles. The molecule has 19 heavy (non-hydrogen) atoms. The van der Waals surface area contributed by atoms with Crippen LogP contribution in [0, 0.1) is 0 Å². The fourth-order valence-corrected chi connectivity index (χ4v) is 1.61. The number of ether oxygens (including phenoxy) is 1. The van der Waals surface area contributed by atoms with Gasteiger partial charge < -0.3 is 4.74 Å². The Morgan fingerprint density at radius 2 is 2.05 bits per heavy atom. The molecule has 1 aromatic rings. The van der Waals surface area contributed by atoms with Gasteiger partial charge in [-0.25, -0.2) is 4.79 Å². The highest BCUT2D eigenvalue weighted by molar-refractivity contribution is 6.64. The van der Waals surface area contributed by atoms with E-state index in [-0.39, 0.29) is 12.3 Å². The van der Waals surface area contributed by atoms with Gasteiger partial charge in [-0.15, -0.1) is 0 Å². The van der Waals surface area contributed by atoms with Crippen molar-refractivity contribution in [1.82, 2.24) is 0 Å². The average Bonchev–Trinajstić information content (AvgIpc) is 2.31. The number of nitrogens with one attached hydrogen (secondary N) is 1. The van der Waals surface area contributed by atoms with Crippen molar-refractivity contribution in [2.75, 3.05) is 12.0 Å². The monoisotopic (exact) mass is 302 g/mol. The molecule has 1 aromatic carbocycles. The Balaban J connectivity index is 2.92. The Morgan fingerprint density at radius 1 is 1.37 bits per heavy atom. The van der Waals surface area contributed by atoms with Gasteiger partial charge in [-0.3, -0.25) is 10.2 Å². The summed E-state index contributed by atoms with van der Waals surface area (Å²) in [6.07, 6.45) is 0. The van der Waals surface area contributed by atoms with Crippen LogP contribution in [0.2, 0.25) is 10.0 Å². The first-order chi connectivity index (χ1) is 8.95. The van der Waals surface area contributed by atoms with Crippen molar-refractivity contribution in [3.8, 4) is 0 Å². The van der Waals surface area contributed by atoms with E-state index in [1.54, 1.807) is 19.1 Å². The van der Waals surface area contributed by atoms with Crippen LogP contribution in [-0.4, -0.2) is 24.1 Å². The summed E-state index contributed by atoms with van der Waals surface area (Å²) in [7, 11) is 0. The molecule has 1 N–H and O–H groups in total. The molecule has 0 saturated carbocycles. The quantitative estimate of drug-likeness (QED) is 0.393. The molecule has 1 rings (SSSR count).